The lowest BCUT2D eigenvalue weighted by Crippen LogP contribution is -2.22. The van der Waals surface area contributed by atoms with Crippen LogP contribution in [0.15, 0.2) is 18.7 Å². The Morgan fingerprint density at radius 2 is 2.08 bits per heavy atom. The van der Waals surface area contributed by atoms with Crippen LogP contribution in [0.2, 0.25) is 0 Å². The Bertz CT molecular complexity index is 720. The average molecular weight is 328 g/mol. The second-order valence-electron chi connectivity index (χ2n) is 6.25. The lowest BCUT2D eigenvalue weighted by atomic mass is 10.2. The Labute approximate surface area is 142 Å². The van der Waals surface area contributed by atoms with Crippen molar-refractivity contribution in [3.05, 3.63) is 30.0 Å². The van der Waals surface area contributed by atoms with Crippen molar-refractivity contribution in [1.82, 2.24) is 19.7 Å². The van der Waals surface area contributed by atoms with E-state index in [1.165, 1.54) is 6.33 Å². The molecule has 7 nitrogen and oxygen atoms in total. The van der Waals surface area contributed by atoms with Crippen LogP contribution in [-0.4, -0.2) is 38.7 Å². The molecule has 1 aliphatic heterocycles. The fraction of sp³-hybridized carbons (Fsp3) is 0.529. The highest BCUT2D eigenvalue weighted by Gasteiger charge is 2.21. The summed E-state index contributed by atoms with van der Waals surface area (Å²) in [5.41, 5.74) is 2.12. The zero-order valence-corrected chi connectivity index (χ0v) is 14.5. The number of carbonyl (C=O) groups excluding carboxylic acids is 1. The minimum atomic E-state index is -0.169. The summed E-state index contributed by atoms with van der Waals surface area (Å²) < 4.78 is 1.90. The van der Waals surface area contributed by atoms with Crippen molar-refractivity contribution >= 4 is 17.4 Å². The molecule has 0 aliphatic carbocycles. The van der Waals surface area contributed by atoms with Crippen molar-refractivity contribution in [3.63, 3.8) is 0 Å². The Morgan fingerprint density at radius 1 is 1.33 bits per heavy atom. The second kappa shape index (κ2) is 6.98. The highest BCUT2D eigenvalue weighted by atomic mass is 16.1. The van der Waals surface area contributed by atoms with Crippen molar-refractivity contribution in [2.45, 2.75) is 46.1 Å². The first kappa shape index (κ1) is 16.4. The average Bonchev–Trinajstić information content (AvgIpc) is 3.24. The maximum absolute atomic E-state index is 12.7. The van der Waals surface area contributed by atoms with E-state index in [2.05, 4.69) is 39.1 Å². The van der Waals surface area contributed by atoms with E-state index >= 15 is 0 Å². The Morgan fingerprint density at radius 3 is 2.79 bits per heavy atom. The molecule has 1 atom stereocenters. The molecule has 0 unspecified atom stereocenters. The van der Waals surface area contributed by atoms with Gasteiger partial charge in [-0.25, -0.2) is 9.97 Å². The highest BCUT2D eigenvalue weighted by molar-refractivity contribution is 6.06. The van der Waals surface area contributed by atoms with Crippen LogP contribution in [0.1, 0.15) is 55.2 Å². The monoisotopic (exact) mass is 328 g/mol. The van der Waals surface area contributed by atoms with Crippen LogP contribution < -0.4 is 10.2 Å². The molecule has 7 heteroatoms. The van der Waals surface area contributed by atoms with Gasteiger partial charge in [0.25, 0.3) is 5.91 Å². The molecule has 0 saturated carbocycles. The molecular formula is C17H24N6O. The third-order valence-electron chi connectivity index (χ3n) is 4.64. The first-order valence-corrected chi connectivity index (χ1v) is 8.52. The molecule has 0 radical (unpaired) electrons. The molecule has 1 saturated heterocycles. The summed E-state index contributed by atoms with van der Waals surface area (Å²) in [5, 5.41) is 7.32. The number of hydrogen-bond acceptors (Lipinski definition) is 5. The van der Waals surface area contributed by atoms with Crippen LogP contribution in [-0.2, 0) is 0 Å². The molecule has 2 aromatic rings. The van der Waals surface area contributed by atoms with E-state index in [0.717, 1.165) is 43.9 Å². The van der Waals surface area contributed by atoms with Crippen molar-refractivity contribution in [2.75, 3.05) is 23.3 Å². The number of nitrogens with zero attached hydrogens (tertiary/aromatic N) is 5. The van der Waals surface area contributed by atoms with E-state index in [1.807, 2.05) is 11.6 Å². The maximum Gasteiger partial charge on any atom is 0.259 e. The normalized spacial score (nSPS) is 15.5. The third kappa shape index (κ3) is 3.11. The third-order valence-corrected chi connectivity index (χ3v) is 4.64. The summed E-state index contributed by atoms with van der Waals surface area (Å²) in [5.74, 6) is 0.625. The summed E-state index contributed by atoms with van der Waals surface area (Å²) in [4.78, 5) is 23.3. The first-order chi connectivity index (χ1) is 11.6. The molecule has 128 valence electrons. The van der Waals surface area contributed by atoms with Crippen molar-refractivity contribution in [3.8, 4) is 0 Å². The van der Waals surface area contributed by atoms with Crippen LogP contribution >= 0.6 is 0 Å². The van der Waals surface area contributed by atoms with E-state index in [9.17, 15) is 4.79 Å². The number of nitrogens with one attached hydrogen (secondary N) is 1. The summed E-state index contributed by atoms with van der Waals surface area (Å²) in [6, 6.07) is 0.270. The van der Waals surface area contributed by atoms with E-state index in [1.54, 1.807) is 12.4 Å². The first-order valence-electron chi connectivity index (χ1n) is 8.52. The molecule has 1 amide bonds. The number of carbonyl (C=O) groups is 1. The number of anilines is 2. The van der Waals surface area contributed by atoms with Crippen LogP contribution in [0, 0.1) is 6.92 Å². The van der Waals surface area contributed by atoms with Crippen LogP contribution in [0.5, 0.6) is 0 Å². The molecule has 0 spiro atoms. The molecule has 1 aliphatic rings. The number of aromatic nitrogens is 4. The highest BCUT2D eigenvalue weighted by Crippen LogP contribution is 2.26. The lowest BCUT2D eigenvalue weighted by molar-refractivity contribution is 0.102. The minimum absolute atomic E-state index is 0.169. The zero-order chi connectivity index (χ0) is 17.1. The minimum Gasteiger partial charge on any atom is -0.355 e. The molecule has 1 fully saturated rings. The van der Waals surface area contributed by atoms with Gasteiger partial charge in [-0.15, -0.1) is 0 Å². The maximum atomic E-state index is 12.7. The fourth-order valence-electron chi connectivity index (χ4n) is 3.05. The largest absolute Gasteiger partial charge is 0.355 e. The van der Waals surface area contributed by atoms with Gasteiger partial charge in [-0.05, 0) is 33.1 Å². The molecule has 3 heterocycles. The van der Waals surface area contributed by atoms with Crippen LogP contribution in [0.4, 0.5) is 11.5 Å². The van der Waals surface area contributed by atoms with Gasteiger partial charge in [0.05, 0.1) is 18.0 Å². The fourth-order valence-corrected chi connectivity index (χ4v) is 3.05. The van der Waals surface area contributed by atoms with Gasteiger partial charge >= 0.3 is 0 Å². The SMILES string of the molecule is CC[C@@H](C)n1ncc(C(=O)Nc2cncnc2N2CCCC2)c1C. The van der Waals surface area contributed by atoms with E-state index in [-0.39, 0.29) is 11.9 Å². The van der Waals surface area contributed by atoms with Crippen molar-refractivity contribution < 1.29 is 4.79 Å². The van der Waals surface area contributed by atoms with Gasteiger partial charge in [-0.2, -0.15) is 5.10 Å². The van der Waals surface area contributed by atoms with Crippen molar-refractivity contribution in [1.29, 1.82) is 0 Å². The van der Waals surface area contributed by atoms with Gasteiger partial charge < -0.3 is 10.2 Å². The number of hydrogen-bond donors (Lipinski definition) is 1. The molecular weight excluding hydrogens is 304 g/mol. The van der Waals surface area contributed by atoms with Gasteiger partial charge in [0.1, 0.15) is 12.0 Å². The van der Waals surface area contributed by atoms with Gasteiger partial charge in [-0.1, -0.05) is 6.92 Å². The van der Waals surface area contributed by atoms with Gasteiger partial charge in [0.15, 0.2) is 5.82 Å². The molecule has 24 heavy (non-hydrogen) atoms. The summed E-state index contributed by atoms with van der Waals surface area (Å²) in [6.45, 7) is 8.06. The van der Waals surface area contributed by atoms with E-state index in [0.29, 0.717) is 11.3 Å². The Balaban J connectivity index is 1.82. The summed E-state index contributed by atoms with van der Waals surface area (Å²) in [7, 11) is 0. The van der Waals surface area contributed by atoms with Gasteiger partial charge in [0, 0.05) is 24.8 Å². The second-order valence-corrected chi connectivity index (χ2v) is 6.25. The van der Waals surface area contributed by atoms with Gasteiger partial charge in [0.2, 0.25) is 0 Å². The topological polar surface area (TPSA) is 75.9 Å². The molecule has 1 N–H and O–H groups in total. The molecule has 0 aromatic carbocycles. The Kier molecular flexibility index (Phi) is 4.78. The predicted molar refractivity (Wildman–Crippen MR) is 93.4 cm³/mol. The van der Waals surface area contributed by atoms with Crippen LogP contribution in [0.3, 0.4) is 0 Å². The number of rotatable bonds is 5. The molecule has 3 rings (SSSR count). The standard InChI is InChI=1S/C17H24N6O/c1-4-12(2)23-13(3)14(9-20-23)17(24)21-15-10-18-11-19-16(15)22-7-5-6-8-22/h9-12H,4-8H2,1-3H3,(H,21,24)/t12-/m1/s1. The molecule has 2 aromatic heterocycles. The zero-order valence-electron chi connectivity index (χ0n) is 14.5. The number of amides is 1. The smallest absolute Gasteiger partial charge is 0.259 e. The molecule has 0 bridgehead atoms. The van der Waals surface area contributed by atoms with Crippen LogP contribution in [0.25, 0.3) is 0 Å². The lowest BCUT2D eigenvalue weighted by Gasteiger charge is -2.19. The summed E-state index contributed by atoms with van der Waals surface area (Å²) in [6.07, 6.45) is 8.09. The summed E-state index contributed by atoms with van der Waals surface area (Å²) >= 11 is 0. The predicted octanol–water partition coefficient (Wildman–Crippen LogP) is 2.81. The quantitative estimate of drug-likeness (QED) is 0.913. The van der Waals surface area contributed by atoms with E-state index < -0.39 is 0 Å². The van der Waals surface area contributed by atoms with E-state index in [4.69, 9.17) is 0 Å². The van der Waals surface area contributed by atoms with Crippen molar-refractivity contribution in [2.24, 2.45) is 0 Å². The Hall–Kier alpha value is -2.44. The van der Waals surface area contributed by atoms with Gasteiger partial charge in [-0.3, -0.25) is 9.48 Å².